The van der Waals surface area contributed by atoms with E-state index in [9.17, 15) is 28.5 Å². The number of rotatable bonds is 7. The molecule has 2 aromatic carbocycles. The van der Waals surface area contributed by atoms with Crippen LogP contribution in [0.3, 0.4) is 0 Å². The first-order valence-electron chi connectivity index (χ1n) is 7.32. The number of ether oxygens (including phenoxy) is 2. The molecule has 0 aliphatic carbocycles. The fraction of sp³-hybridized carbons (Fsp3) is 0.176. The Labute approximate surface area is 146 Å². The average Bonchev–Trinajstić information content (AvgIpc) is 2.61. The number of Topliss-reactive ketones (excluding diaryl/α,β-unsaturated/α-hetero) is 1. The van der Waals surface area contributed by atoms with Crippen LogP contribution in [0.25, 0.3) is 0 Å². The largest absolute Gasteiger partial charge is 0.451 e. The number of ketones is 1. The van der Waals surface area contributed by atoms with Crippen LogP contribution in [0, 0.1) is 10.1 Å². The van der Waals surface area contributed by atoms with Crippen molar-refractivity contribution in [2.45, 2.75) is 19.6 Å². The lowest BCUT2D eigenvalue weighted by molar-refractivity contribution is -0.384. The molecule has 0 heterocycles. The monoisotopic (exact) mass is 365 g/mol. The number of benzene rings is 2. The molecule has 0 unspecified atom stereocenters. The molecule has 0 aliphatic rings. The highest BCUT2D eigenvalue weighted by Gasteiger charge is 2.21. The lowest BCUT2D eigenvalue weighted by Gasteiger charge is -2.13. The maximum absolute atomic E-state index is 12.2. The van der Waals surface area contributed by atoms with E-state index in [0.717, 1.165) is 12.1 Å². The zero-order chi connectivity index (χ0) is 19.3. The number of nitrogens with zero attached hydrogens (tertiary/aromatic N) is 1. The van der Waals surface area contributed by atoms with Crippen molar-refractivity contribution in [1.82, 2.24) is 0 Å². The van der Waals surface area contributed by atoms with E-state index in [1.807, 2.05) is 0 Å². The number of nitro benzene ring substituents is 1. The minimum Gasteiger partial charge on any atom is -0.451 e. The second-order valence-corrected chi connectivity index (χ2v) is 5.12. The highest BCUT2D eigenvalue weighted by molar-refractivity contribution is 6.01. The van der Waals surface area contributed by atoms with E-state index in [1.54, 1.807) is 0 Å². The fourth-order valence-electron chi connectivity index (χ4n) is 2.04. The molecule has 9 heteroatoms. The van der Waals surface area contributed by atoms with Gasteiger partial charge in [0.05, 0.1) is 10.5 Å². The molecule has 2 rings (SSSR count). The van der Waals surface area contributed by atoms with E-state index in [2.05, 4.69) is 4.74 Å². The van der Waals surface area contributed by atoms with Crippen LogP contribution in [0.1, 0.15) is 27.6 Å². The van der Waals surface area contributed by atoms with E-state index in [-0.39, 0.29) is 22.6 Å². The summed E-state index contributed by atoms with van der Waals surface area (Å²) in [6.07, 6.45) is -1.14. The second-order valence-electron chi connectivity index (χ2n) is 5.12. The fourth-order valence-corrected chi connectivity index (χ4v) is 2.04. The van der Waals surface area contributed by atoms with Crippen LogP contribution in [0.4, 0.5) is 14.5 Å². The summed E-state index contributed by atoms with van der Waals surface area (Å²) in [4.78, 5) is 34.2. The molecule has 7 nitrogen and oxygen atoms in total. The zero-order valence-electron chi connectivity index (χ0n) is 13.4. The topological polar surface area (TPSA) is 95.7 Å². The molecule has 0 amide bonds. The molecule has 0 saturated heterocycles. The van der Waals surface area contributed by atoms with Crippen LogP contribution in [0.15, 0.2) is 48.5 Å². The molecule has 0 bridgehead atoms. The minimum atomic E-state index is -2.97. The molecule has 136 valence electrons. The molecule has 0 aliphatic heterocycles. The molecule has 1 atom stereocenters. The predicted octanol–water partition coefficient (Wildman–Crippen LogP) is 3.62. The van der Waals surface area contributed by atoms with Crippen molar-refractivity contribution in [2.75, 3.05) is 0 Å². The summed E-state index contributed by atoms with van der Waals surface area (Å²) >= 11 is 0. The molecular weight excluding hydrogens is 352 g/mol. The van der Waals surface area contributed by atoms with Crippen LogP contribution in [-0.4, -0.2) is 29.4 Å². The number of carbonyl (C=O) groups excluding carboxylic acids is 2. The average molecular weight is 365 g/mol. The Morgan fingerprint density at radius 3 is 2.04 bits per heavy atom. The van der Waals surface area contributed by atoms with Crippen molar-refractivity contribution in [3.8, 4) is 5.75 Å². The molecule has 2 aromatic rings. The van der Waals surface area contributed by atoms with E-state index in [1.165, 1.54) is 43.3 Å². The van der Waals surface area contributed by atoms with Gasteiger partial charge in [0.25, 0.3) is 5.69 Å². The third-order valence-electron chi connectivity index (χ3n) is 3.33. The van der Waals surface area contributed by atoms with Gasteiger partial charge in [-0.05, 0) is 43.3 Å². The summed E-state index contributed by atoms with van der Waals surface area (Å²) in [7, 11) is 0. The van der Waals surface area contributed by atoms with E-state index < -0.39 is 29.4 Å². The number of esters is 1. The van der Waals surface area contributed by atoms with Crippen molar-refractivity contribution in [3.63, 3.8) is 0 Å². The van der Waals surface area contributed by atoms with Crippen molar-refractivity contribution in [2.24, 2.45) is 0 Å². The van der Waals surface area contributed by atoms with Gasteiger partial charge >= 0.3 is 12.6 Å². The van der Waals surface area contributed by atoms with E-state index in [4.69, 9.17) is 4.74 Å². The third kappa shape index (κ3) is 4.82. The first-order chi connectivity index (χ1) is 12.3. The van der Waals surface area contributed by atoms with Gasteiger partial charge in [0.15, 0.2) is 6.10 Å². The number of carbonyl (C=O) groups is 2. The molecule has 26 heavy (non-hydrogen) atoms. The van der Waals surface area contributed by atoms with Gasteiger partial charge in [-0.3, -0.25) is 14.9 Å². The zero-order valence-corrected chi connectivity index (χ0v) is 13.4. The van der Waals surface area contributed by atoms with Crippen molar-refractivity contribution in [3.05, 3.63) is 69.8 Å². The Morgan fingerprint density at radius 1 is 1.00 bits per heavy atom. The lowest BCUT2D eigenvalue weighted by Crippen LogP contribution is -2.24. The maximum atomic E-state index is 12.2. The molecule has 0 radical (unpaired) electrons. The second kappa shape index (κ2) is 8.15. The van der Waals surface area contributed by atoms with Gasteiger partial charge in [-0.2, -0.15) is 8.78 Å². The summed E-state index contributed by atoms with van der Waals surface area (Å²) in [6.45, 7) is -1.62. The summed E-state index contributed by atoms with van der Waals surface area (Å²) in [5.74, 6) is -1.46. The Kier molecular flexibility index (Phi) is 5.94. The number of hydrogen-bond donors (Lipinski definition) is 0. The minimum absolute atomic E-state index is 0.0518. The smallest absolute Gasteiger partial charge is 0.387 e. The van der Waals surface area contributed by atoms with Gasteiger partial charge in [-0.1, -0.05) is 0 Å². The first-order valence-corrected chi connectivity index (χ1v) is 7.32. The summed E-state index contributed by atoms with van der Waals surface area (Å²) in [6, 6.07) is 9.67. The number of alkyl halides is 2. The van der Waals surface area contributed by atoms with Gasteiger partial charge in [0, 0.05) is 17.7 Å². The number of hydrogen-bond acceptors (Lipinski definition) is 6. The number of halogens is 2. The van der Waals surface area contributed by atoms with Gasteiger partial charge in [0.1, 0.15) is 5.75 Å². The molecule has 0 N–H and O–H groups in total. The highest BCUT2D eigenvalue weighted by Crippen LogP contribution is 2.18. The van der Waals surface area contributed by atoms with Crippen LogP contribution < -0.4 is 4.74 Å². The normalized spacial score (nSPS) is 11.7. The third-order valence-corrected chi connectivity index (χ3v) is 3.33. The van der Waals surface area contributed by atoms with Crippen LogP contribution in [-0.2, 0) is 4.74 Å². The van der Waals surface area contributed by atoms with Gasteiger partial charge in [-0.15, -0.1) is 0 Å². The van der Waals surface area contributed by atoms with Gasteiger partial charge in [0.2, 0.25) is 5.78 Å². The summed E-state index contributed by atoms with van der Waals surface area (Å²) in [5.41, 5.74) is 0.0170. The Hall–Kier alpha value is -3.36. The van der Waals surface area contributed by atoms with Crippen molar-refractivity contribution in [1.29, 1.82) is 0 Å². The Bertz CT molecular complexity index is 805. The standard InChI is InChI=1S/C17H13F2NO6/c1-10(15(21)11-4-8-14(9-5-11)26-17(18)19)25-16(22)12-2-6-13(7-3-12)20(23)24/h2-10,17H,1H3/t10-/m0/s1. The highest BCUT2D eigenvalue weighted by atomic mass is 19.3. The summed E-state index contributed by atoms with van der Waals surface area (Å²) in [5, 5.41) is 10.6. The molecule has 0 spiro atoms. The predicted molar refractivity (Wildman–Crippen MR) is 85.4 cm³/mol. The molecular formula is C17H13F2NO6. The lowest BCUT2D eigenvalue weighted by atomic mass is 10.1. The quantitative estimate of drug-likeness (QED) is 0.322. The summed E-state index contributed by atoms with van der Waals surface area (Å²) < 4.78 is 33.4. The first kappa shape index (κ1) is 19.0. The van der Waals surface area contributed by atoms with Crippen molar-refractivity contribution >= 4 is 17.4 Å². The van der Waals surface area contributed by atoms with Crippen molar-refractivity contribution < 1.29 is 32.8 Å². The van der Waals surface area contributed by atoms with E-state index in [0.29, 0.717) is 0 Å². The van der Waals surface area contributed by atoms with Crippen LogP contribution >= 0.6 is 0 Å². The van der Waals surface area contributed by atoms with Crippen LogP contribution in [0.5, 0.6) is 5.75 Å². The maximum Gasteiger partial charge on any atom is 0.387 e. The van der Waals surface area contributed by atoms with Gasteiger partial charge < -0.3 is 9.47 Å². The molecule has 0 fully saturated rings. The SMILES string of the molecule is C[C@H](OC(=O)c1ccc([N+](=O)[O-])cc1)C(=O)c1ccc(OC(F)F)cc1. The Morgan fingerprint density at radius 2 is 1.54 bits per heavy atom. The van der Waals surface area contributed by atoms with E-state index >= 15 is 0 Å². The number of non-ortho nitro benzene ring substituents is 1. The Balaban J connectivity index is 2.01. The molecule has 0 saturated carbocycles. The number of nitro groups is 1. The van der Waals surface area contributed by atoms with Crippen LogP contribution in [0.2, 0.25) is 0 Å². The molecule has 0 aromatic heterocycles. The van der Waals surface area contributed by atoms with Gasteiger partial charge in [-0.25, -0.2) is 4.79 Å².